The Morgan fingerprint density at radius 2 is 1.62 bits per heavy atom. The van der Waals surface area contributed by atoms with E-state index < -0.39 is 5.97 Å². The molecular formula is C24H32N2O3. The molecule has 2 aromatic rings. The summed E-state index contributed by atoms with van der Waals surface area (Å²) in [6.07, 6.45) is 8.15. The number of amides is 1. The van der Waals surface area contributed by atoms with E-state index in [1.165, 1.54) is 25.7 Å². The van der Waals surface area contributed by atoms with Crippen LogP contribution in [-0.4, -0.2) is 29.0 Å². The molecule has 0 spiro atoms. The van der Waals surface area contributed by atoms with Gasteiger partial charge in [0.05, 0.1) is 5.69 Å². The molecule has 0 saturated carbocycles. The first-order valence-electron chi connectivity index (χ1n) is 10.6. The van der Waals surface area contributed by atoms with Crippen LogP contribution >= 0.6 is 0 Å². The van der Waals surface area contributed by atoms with Crippen molar-refractivity contribution in [1.82, 2.24) is 4.98 Å². The van der Waals surface area contributed by atoms with E-state index in [0.717, 1.165) is 29.7 Å². The fraction of sp³-hybridized carbons (Fsp3) is 0.458. The number of aliphatic carboxylic acids is 1. The van der Waals surface area contributed by atoms with E-state index in [-0.39, 0.29) is 12.3 Å². The molecule has 1 heterocycles. The molecule has 0 aliphatic carbocycles. The van der Waals surface area contributed by atoms with Gasteiger partial charge in [-0.3, -0.25) is 14.5 Å². The number of carbonyl (C=O) groups excluding carboxylic acids is 1. The Morgan fingerprint density at radius 1 is 0.931 bits per heavy atom. The van der Waals surface area contributed by atoms with Crippen LogP contribution in [0, 0.1) is 0 Å². The number of rotatable bonds is 12. The number of carbonyl (C=O) groups is 2. The van der Waals surface area contributed by atoms with Crippen LogP contribution in [0.5, 0.6) is 0 Å². The lowest BCUT2D eigenvalue weighted by molar-refractivity contribution is -0.137. The van der Waals surface area contributed by atoms with Gasteiger partial charge in [-0.1, -0.05) is 69.4 Å². The Labute approximate surface area is 173 Å². The largest absolute Gasteiger partial charge is 0.481 e. The minimum atomic E-state index is -0.794. The number of carboxylic acids is 1. The molecule has 5 nitrogen and oxygen atoms in total. The molecule has 0 fully saturated rings. The average molecular weight is 397 g/mol. The molecule has 1 aromatic carbocycles. The van der Waals surface area contributed by atoms with Crippen molar-refractivity contribution < 1.29 is 14.7 Å². The molecule has 29 heavy (non-hydrogen) atoms. The molecular weight excluding hydrogens is 364 g/mol. The number of hydrogen-bond donors (Lipinski definition) is 1. The summed E-state index contributed by atoms with van der Waals surface area (Å²) >= 11 is 0. The number of hydrogen-bond acceptors (Lipinski definition) is 3. The monoisotopic (exact) mass is 396 g/mol. The Kier molecular flexibility index (Phi) is 9.35. The SMILES string of the molecule is CCCCCCCCC(=O)N(C)c1cccc(-c2ccc(CCC(=O)O)cc2)n1. The number of anilines is 1. The third kappa shape index (κ3) is 7.68. The van der Waals surface area contributed by atoms with E-state index in [9.17, 15) is 9.59 Å². The second-order valence-electron chi connectivity index (χ2n) is 7.44. The highest BCUT2D eigenvalue weighted by atomic mass is 16.4. The zero-order valence-electron chi connectivity index (χ0n) is 17.6. The summed E-state index contributed by atoms with van der Waals surface area (Å²) in [6.45, 7) is 2.20. The van der Waals surface area contributed by atoms with Gasteiger partial charge in [-0.25, -0.2) is 4.98 Å². The van der Waals surface area contributed by atoms with Gasteiger partial charge >= 0.3 is 5.97 Å². The fourth-order valence-corrected chi connectivity index (χ4v) is 3.22. The highest BCUT2D eigenvalue weighted by Gasteiger charge is 2.12. The first-order chi connectivity index (χ1) is 14.0. The first-order valence-corrected chi connectivity index (χ1v) is 10.6. The zero-order chi connectivity index (χ0) is 21.1. The molecule has 0 saturated heterocycles. The Morgan fingerprint density at radius 3 is 2.31 bits per heavy atom. The van der Waals surface area contributed by atoms with Crippen LogP contribution in [0.4, 0.5) is 5.82 Å². The molecule has 1 amide bonds. The molecule has 0 bridgehead atoms. The quantitative estimate of drug-likeness (QED) is 0.482. The van der Waals surface area contributed by atoms with E-state index in [2.05, 4.69) is 11.9 Å². The number of carboxylic acid groups (broad SMARTS) is 1. The van der Waals surface area contributed by atoms with E-state index in [0.29, 0.717) is 18.7 Å². The predicted octanol–water partition coefficient (Wildman–Crippen LogP) is 5.48. The fourth-order valence-electron chi connectivity index (χ4n) is 3.22. The second kappa shape index (κ2) is 12.0. The number of pyridine rings is 1. The van der Waals surface area contributed by atoms with Gasteiger partial charge in [0.2, 0.25) is 5.91 Å². The van der Waals surface area contributed by atoms with Crippen molar-refractivity contribution >= 4 is 17.7 Å². The standard InChI is InChI=1S/C24H32N2O3/c1-3-4-5-6-7-8-12-23(27)26(2)22-11-9-10-21(25-22)20-16-13-19(14-17-20)15-18-24(28)29/h9-11,13-14,16-17H,3-8,12,15,18H2,1-2H3,(H,28,29). The third-order valence-electron chi connectivity index (χ3n) is 5.07. The predicted molar refractivity (Wildman–Crippen MR) is 117 cm³/mol. The maximum atomic E-state index is 12.5. The van der Waals surface area contributed by atoms with Crippen molar-refractivity contribution in [2.75, 3.05) is 11.9 Å². The van der Waals surface area contributed by atoms with Crippen molar-refractivity contribution in [3.63, 3.8) is 0 Å². The summed E-state index contributed by atoms with van der Waals surface area (Å²) in [6, 6.07) is 13.4. The van der Waals surface area contributed by atoms with Gasteiger partial charge in [0.1, 0.15) is 5.82 Å². The molecule has 0 aliphatic heterocycles. The Bertz CT molecular complexity index is 787. The van der Waals surface area contributed by atoms with Gasteiger partial charge in [0, 0.05) is 25.5 Å². The van der Waals surface area contributed by atoms with Crippen molar-refractivity contribution in [1.29, 1.82) is 0 Å². The Balaban J connectivity index is 1.94. The molecule has 1 N–H and O–H groups in total. The smallest absolute Gasteiger partial charge is 0.303 e. The van der Waals surface area contributed by atoms with Crippen LogP contribution < -0.4 is 4.90 Å². The maximum Gasteiger partial charge on any atom is 0.303 e. The lowest BCUT2D eigenvalue weighted by Crippen LogP contribution is -2.26. The van der Waals surface area contributed by atoms with Crippen LogP contribution in [0.25, 0.3) is 11.3 Å². The summed E-state index contributed by atoms with van der Waals surface area (Å²) in [5, 5.41) is 8.79. The summed E-state index contributed by atoms with van der Waals surface area (Å²) in [5.74, 6) is -0.0558. The van der Waals surface area contributed by atoms with Crippen molar-refractivity contribution in [2.45, 2.75) is 64.7 Å². The van der Waals surface area contributed by atoms with Crippen LogP contribution in [0.15, 0.2) is 42.5 Å². The second-order valence-corrected chi connectivity index (χ2v) is 7.44. The molecule has 0 atom stereocenters. The molecule has 1 aromatic heterocycles. The van der Waals surface area contributed by atoms with Crippen molar-refractivity contribution in [3.8, 4) is 11.3 Å². The molecule has 156 valence electrons. The Hall–Kier alpha value is -2.69. The number of aryl methyl sites for hydroxylation is 1. The van der Waals surface area contributed by atoms with Gasteiger partial charge in [0.15, 0.2) is 0 Å². The topological polar surface area (TPSA) is 70.5 Å². The van der Waals surface area contributed by atoms with Gasteiger partial charge in [0.25, 0.3) is 0 Å². The minimum absolute atomic E-state index is 0.0918. The molecule has 0 unspecified atom stereocenters. The average Bonchev–Trinajstić information content (AvgIpc) is 2.74. The van der Waals surface area contributed by atoms with Gasteiger partial charge in [-0.15, -0.1) is 0 Å². The van der Waals surface area contributed by atoms with Crippen molar-refractivity contribution in [3.05, 3.63) is 48.0 Å². The lowest BCUT2D eigenvalue weighted by atomic mass is 10.1. The van der Waals surface area contributed by atoms with E-state index >= 15 is 0 Å². The number of aromatic nitrogens is 1. The highest BCUT2D eigenvalue weighted by molar-refractivity contribution is 5.92. The molecule has 2 rings (SSSR count). The van der Waals surface area contributed by atoms with E-state index in [1.54, 1.807) is 11.9 Å². The van der Waals surface area contributed by atoms with Gasteiger partial charge in [-0.2, -0.15) is 0 Å². The number of benzene rings is 1. The maximum absolute atomic E-state index is 12.5. The molecule has 0 radical (unpaired) electrons. The van der Waals surface area contributed by atoms with E-state index in [4.69, 9.17) is 5.11 Å². The number of unbranched alkanes of at least 4 members (excludes halogenated alkanes) is 5. The normalized spacial score (nSPS) is 10.7. The van der Waals surface area contributed by atoms with Gasteiger partial charge in [-0.05, 0) is 30.5 Å². The number of nitrogens with zero attached hydrogens (tertiary/aromatic N) is 2. The zero-order valence-corrected chi connectivity index (χ0v) is 17.6. The van der Waals surface area contributed by atoms with Gasteiger partial charge < -0.3 is 5.11 Å². The third-order valence-corrected chi connectivity index (χ3v) is 5.07. The van der Waals surface area contributed by atoms with Crippen LogP contribution in [0.1, 0.15) is 63.9 Å². The lowest BCUT2D eigenvalue weighted by Gasteiger charge is -2.17. The highest BCUT2D eigenvalue weighted by Crippen LogP contribution is 2.22. The van der Waals surface area contributed by atoms with Crippen LogP contribution in [-0.2, 0) is 16.0 Å². The summed E-state index contributed by atoms with van der Waals surface area (Å²) < 4.78 is 0. The summed E-state index contributed by atoms with van der Waals surface area (Å²) in [5.41, 5.74) is 2.73. The molecule has 5 heteroatoms. The van der Waals surface area contributed by atoms with Crippen LogP contribution in [0.3, 0.4) is 0 Å². The summed E-state index contributed by atoms with van der Waals surface area (Å²) in [4.78, 5) is 29.5. The summed E-state index contributed by atoms with van der Waals surface area (Å²) in [7, 11) is 1.78. The first kappa shape index (κ1) is 22.6. The minimum Gasteiger partial charge on any atom is -0.481 e. The van der Waals surface area contributed by atoms with E-state index in [1.807, 2.05) is 42.5 Å². The van der Waals surface area contributed by atoms with Crippen LogP contribution in [0.2, 0.25) is 0 Å². The molecule has 0 aliphatic rings. The van der Waals surface area contributed by atoms with Crippen molar-refractivity contribution in [2.24, 2.45) is 0 Å².